The summed E-state index contributed by atoms with van der Waals surface area (Å²) < 4.78 is 5.40. The van der Waals surface area contributed by atoms with E-state index in [1.54, 1.807) is 0 Å². The zero-order chi connectivity index (χ0) is 10.9. The van der Waals surface area contributed by atoms with Crippen LogP contribution in [0.15, 0.2) is 35.9 Å². The quantitative estimate of drug-likeness (QED) is 0.668. The van der Waals surface area contributed by atoms with Crippen LogP contribution in [0.2, 0.25) is 0 Å². The molecule has 0 radical (unpaired) electrons. The van der Waals surface area contributed by atoms with Crippen molar-refractivity contribution in [2.45, 2.75) is 26.9 Å². The molecular formula is C14H18O. The summed E-state index contributed by atoms with van der Waals surface area (Å²) in [7, 11) is 0. The van der Waals surface area contributed by atoms with Crippen molar-refractivity contribution in [1.82, 2.24) is 0 Å². The number of hydrogen-bond donors (Lipinski definition) is 0. The average Bonchev–Trinajstić information content (AvgIpc) is 2.97. The lowest BCUT2D eigenvalue weighted by Gasteiger charge is -2.21. The number of epoxide rings is 1. The summed E-state index contributed by atoms with van der Waals surface area (Å²) >= 11 is 0. The summed E-state index contributed by atoms with van der Waals surface area (Å²) in [5.41, 5.74) is 2.85. The lowest BCUT2D eigenvalue weighted by Crippen LogP contribution is -2.14. The van der Waals surface area contributed by atoms with E-state index in [4.69, 9.17) is 4.74 Å². The van der Waals surface area contributed by atoms with E-state index in [1.807, 2.05) is 6.07 Å². The summed E-state index contributed by atoms with van der Waals surface area (Å²) in [4.78, 5) is 0. The highest BCUT2D eigenvalue weighted by Gasteiger charge is 2.34. The first-order valence-electron chi connectivity index (χ1n) is 5.46. The zero-order valence-corrected chi connectivity index (χ0v) is 9.66. The summed E-state index contributed by atoms with van der Waals surface area (Å²) in [5, 5.41) is 0. The van der Waals surface area contributed by atoms with Crippen molar-refractivity contribution in [1.29, 1.82) is 0 Å². The van der Waals surface area contributed by atoms with Gasteiger partial charge < -0.3 is 4.74 Å². The van der Waals surface area contributed by atoms with E-state index in [0.717, 1.165) is 6.61 Å². The van der Waals surface area contributed by atoms with Gasteiger partial charge in [-0.2, -0.15) is 0 Å². The third-order valence-electron chi connectivity index (χ3n) is 2.67. The Morgan fingerprint density at radius 1 is 1.27 bits per heavy atom. The SMILES string of the molecule is CC(C)(C)C(=Cc1ccccc1)C1CO1. The average molecular weight is 202 g/mol. The highest BCUT2D eigenvalue weighted by molar-refractivity contribution is 5.55. The molecule has 0 saturated carbocycles. The minimum absolute atomic E-state index is 0.191. The van der Waals surface area contributed by atoms with Crippen LogP contribution < -0.4 is 0 Å². The lowest BCUT2D eigenvalue weighted by molar-refractivity contribution is 0.387. The second-order valence-corrected chi connectivity index (χ2v) is 5.08. The molecule has 0 spiro atoms. The molecule has 0 aromatic heterocycles. The van der Waals surface area contributed by atoms with Gasteiger partial charge in [0, 0.05) is 0 Å². The molecular weight excluding hydrogens is 184 g/mol. The molecule has 1 heterocycles. The molecule has 1 heteroatoms. The Hall–Kier alpha value is -1.08. The second-order valence-electron chi connectivity index (χ2n) is 5.08. The van der Waals surface area contributed by atoms with Gasteiger partial charge in [0.1, 0.15) is 6.10 Å². The summed E-state index contributed by atoms with van der Waals surface area (Å²) in [6.45, 7) is 7.60. The highest BCUT2D eigenvalue weighted by atomic mass is 16.6. The normalized spacial score (nSPS) is 21.5. The number of rotatable bonds is 2. The molecule has 1 aromatic carbocycles. The van der Waals surface area contributed by atoms with Crippen molar-refractivity contribution < 1.29 is 4.74 Å². The third-order valence-corrected chi connectivity index (χ3v) is 2.67. The van der Waals surface area contributed by atoms with Crippen molar-refractivity contribution >= 4 is 6.08 Å². The van der Waals surface area contributed by atoms with Crippen LogP contribution in [0.5, 0.6) is 0 Å². The molecule has 0 N–H and O–H groups in total. The first kappa shape index (κ1) is 10.4. The molecule has 1 aliphatic heterocycles. The van der Waals surface area contributed by atoms with Gasteiger partial charge in [-0.15, -0.1) is 0 Å². The molecule has 2 rings (SSSR count). The monoisotopic (exact) mass is 202 g/mol. The number of benzene rings is 1. The van der Waals surface area contributed by atoms with Crippen LogP contribution in [0.4, 0.5) is 0 Å². The maximum atomic E-state index is 5.40. The Morgan fingerprint density at radius 3 is 2.33 bits per heavy atom. The fourth-order valence-electron chi connectivity index (χ4n) is 1.75. The Kier molecular flexibility index (Phi) is 2.66. The van der Waals surface area contributed by atoms with Crippen LogP contribution in [0, 0.1) is 5.41 Å². The van der Waals surface area contributed by atoms with Crippen LogP contribution in [-0.4, -0.2) is 12.7 Å². The van der Waals surface area contributed by atoms with Gasteiger partial charge in [0.25, 0.3) is 0 Å². The minimum Gasteiger partial charge on any atom is -0.368 e. The fourth-order valence-corrected chi connectivity index (χ4v) is 1.75. The topological polar surface area (TPSA) is 12.5 Å². The van der Waals surface area contributed by atoms with Gasteiger partial charge in [-0.05, 0) is 16.6 Å². The maximum Gasteiger partial charge on any atom is 0.103 e. The molecule has 0 aliphatic carbocycles. The number of ether oxygens (including phenoxy) is 1. The third kappa shape index (κ3) is 2.69. The van der Waals surface area contributed by atoms with Gasteiger partial charge in [-0.1, -0.05) is 57.2 Å². The van der Waals surface area contributed by atoms with E-state index < -0.39 is 0 Å². The first-order valence-corrected chi connectivity index (χ1v) is 5.46. The van der Waals surface area contributed by atoms with E-state index in [9.17, 15) is 0 Å². The minimum atomic E-state index is 0.191. The predicted molar refractivity (Wildman–Crippen MR) is 63.6 cm³/mol. The molecule has 0 bridgehead atoms. The van der Waals surface area contributed by atoms with E-state index in [2.05, 4.69) is 51.1 Å². The fraction of sp³-hybridized carbons (Fsp3) is 0.429. The van der Waals surface area contributed by atoms with Gasteiger partial charge >= 0.3 is 0 Å². The standard InChI is InChI=1S/C14H18O/c1-14(2,3)12(13-10-15-13)9-11-7-5-4-6-8-11/h4-9,13H,10H2,1-3H3. The molecule has 1 nitrogen and oxygen atoms in total. The largest absolute Gasteiger partial charge is 0.368 e. The van der Waals surface area contributed by atoms with Crippen molar-refractivity contribution in [3.05, 3.63) is 41.5 Å². The second kappa shape index (κ2) is 3.82. The van der Waals surface area contributed by atoms with Gasteiger partial charge in [-0.3, -0.25) is 0 Å². The Morgan fingerprint density at radius 2 is 1.87 bits per heavy atom. The van der Waals surface area contributed by atoms with Gasteiger partial charge in [0.05, 0.1) is 6.61 Å². The summed E-state index contributed by atoms with van der Waals surface area (Å²) in [5.74, 6) is 0. The van der Waals surface area contributed by atoms with E-state index in [-0.39, 0.29) is 5.41 Å². The van der Waals surface area contributed by atoms with Crippen LogP contribution >= 0.6 is 0 Å². The van der Waals surface area contributed by atoms with Gasteiger partial charge in [0.2, 0.25) is 0 Å². The first-order chi connectivity index (χ1) is 7.07. The van der Waals surface area contributed by atoms with E-state index in [1.165, 1.54) is 11.1 Å². The maximum absolute atomic E-state index is 5.40. The van der Waals surface area contributed by atoms with Crippen LogP contribution in [0.25, 0.3) is 6.08 Å². The number of hydrogen-bond acceptors (Lipinski definition) is 1. The summed E-state index contributed by atoms with van der Waals surface area (Å²) in [6.07, 6.45) is 2.61. The lowest BCUT2D eigenvalue weighted by atomic mass is 9.83. The molecule has 0 amide bonds. The predicted octanol–water partition coefficient (Wildman–Crippen LogP) is 3.51. The van der Waals surface area contributed by atoms with Crippen LogP contribution in [0.1, 0.15) is 26.3 Å². The Bertz CT molecular complexity index is 353. The van der Waals surface area contributed by atoms with E-state index >= 15 is 0 Å². The highest BCUT2D eigenvalue weighted by Crippen LogP contribution is 2.36. The molecule has 1 fully saturated rings. The molecule has 1 unspecified atom stereocenters. The van der Waals surface area contributed by atoms with Crippen LogP contribution in [-0.2, 0) is 4.74 Å². The van der Waals surface area contributed by atoms with Gasteiger partial charge in [-0.25, -0.2) is 0 Å². The smallest absolute Gasteiger partial charge is 0.103 e. The van der Waals surface area contributed by atoms with Crippen molar-refractivity contribution in [3.63, 3.8) is 0 Å². The molecule has 1 atom stereocenters. The molecule has 1 aliphatic rings. The molecule has 1 aromatic rings. The van der Waals surface area contributed by atoms with Crippen molar-refractivity contribution in [2.24, 2.45) is 5.41 Å². The molecule has 80 valence electrons. The van der Waals surface area contributed by atoms with E-state index in [0.29, 0.717) is 6.10 Å². The van der Waals surface area contributed by atoms with Gasteiger partial charge in [0.15, 0.2) is 0 Å². The Labute approximate surface area is 91.8 Å². The Balaban J connectivity index is 2.29. The van der Waals surface area contributed by atoms with Crippen molar-refractivity contribution in [3.8, 4) is 0 Å². The zero-order valence-electron chi connectivity index (χ0n) is 9.66. The van der Waals surface area contributed by atoms with Crippen molar-refractivity contribution in [2.75, 3.05) is 6.61 Å². The summed E-state index contributed by atoms with van der Waals surface area (Å²) in [6, 6.07) is 10.4. The molecule has 1 saturated heterocycles. The van der Waals surface area contributed by atoms with Crippen LogP contribution in [0.3, 0.4) is 0 Å². The molecule has 15 heavy (non-hydrogen) atoms.